The van der Waals surface area contributed by atoms with E-state index < -0.39 is 0 Å². The van der Waals surface area contributed by atoms with Crippen molar-refractivity contribution < 1.29 is 0 Å². The molecule has 0 radical (unpaired) electrons. The lowest BCUT2D eigenvalue weighted by Gasteiger charge is -2.08. The number of nitrogens with two attached hydrogens (primary N) is 1. The molecule has 1 aliphatic rings. The van der Waals surface area contributed by atoms with E-state index >= 15 is 0 Å². The molecular formula is C16H20N2. The molecule has 2 nitrogen and oxygen atoms in total. The maximum Gasteiger partial charge on any atom is 0.0470 e. The average molecular weight is 240 g/mol. The molecule has 94 valence electrons. The molecule has 1 aliphatic carbocycles. The summed E-state index contributed by atoms with van der Waals surface area (Å²) in [6, 6.07) is 11.1. The maximum absolute atomic E-state index is 6.22. The van der Waals surface area contributed by atoms with Gasteiger partial charge in [0.05, 0.1) is 0 Å². The van der Waals surface area contributed by atoms with Crippen molar-refractivity contribution >= 4 is 0 Å². The number of hydrogen-bond donors (Lipinski definition) is 1. The number of hydrogen-bond acceptors (Lipinski definition) is 1. The molecule has 0 saturated heterocycles. The molecule has 0 spiro atoms. The molecule has 2 N–H and O–H groups in total. The third-order valence-electron chi connectivity index (χ3n) is 3.74. The summed E-state index contributed by atoms with van der Waals surface area (Å²) in [5, 5.41) is 0. The van der Waals surface area contributed by atoms with E-state index in [-0.39, 0.29) is 6.04 Å². The topological polar surface area (TPSA) is 30.9 Å². The summed E-state index contributed by atoms with van der Waals surface area (Å²) in [6.45, 7) is 3.06. The van der Waals surface area contributed by atoms with E-state index in [1.54, 1.807) is 0 Å². The van der Waals surface area contributed by atoms with E-state index in [1.165, 1.54) is 29.5 Å². The molecule has 1 fully saturated rings. The number of aryl methyl sites for hydroxylation is 1. The van der Waals surface area contributed by atoms with Gasteiger partial charge in [0.25, 0.3) is 0 Å². The zero-order chi connectivity index (χ0) is 12.5. The van der Waals surface area contributed by atoms with E-state index in [4.69, 9.17) is 5.73 Å². The maximum atomic E-state index is 6.22. The molecule has 1 atom stereocenters. The quantitative estimate of drug-likeness (QED) is 0.873. The summed E-state index contributed by atoms with van der Waals surface area (Å²) in [6.07, 6.45) is 6.93. The lowest BCUT2D eigenvalue weighted by molar-refractivity contribution is 0.631. The van der Waals surface area contributed by atoms with Crippen LogP contribution in [0.4, 0.5) is 0 Å². The predicted molar refractivity (Wildman–Crippen MR) is 74.4 cm³/mol. The van der Waals surface area contributed by atoms with E-state index in [0.717, 1.165) is 12.5 Å². The summed E-state index contributed by atoms with van der Waals surface area (Å²) < 4.78 is 2.23. The Balaban J connectivity index is 1.73. The average Bonchev–Trinajstić information content (AvgIpc) is 3.09. The van der Waals surface area contributed by atoms with Crippen molar-refractivity contribution in [1.82, 2.24) is 4.57 Å². The molecule has 0 bridgehead atoms. The zero-order valence-corrected chi connectivity index (χ0v) is 10.8. The van der Waals surface area contributed by atoms with Crippen LogP contribution in [0.15, 0.2) is 42.7 Å². The summed E-state index contributed by atoms with van der Waals surface area (Å²) in [5.41, 5.74) is 10.2. The Kier molecular flexibility index (Phi) is 2.96. The van der Waals surface area contributed by atoms with Gasteiger partial charge in [0, 0.05) is 25.0 Å². The largest absolute Gasteiger partial charge is 0.350 e. The second-order valence-electron chi connectivity index (χ2n) is 5.47. The summed E-state index contributed by atoms with van der Waals surface area (Å²) in [5.74, 6) is 0.722. The van der Waals surface area contributed by atoms with E-state index in [0.29, 0.717) is 0 Å². The lowest BCUT2D eigenvalue weighted by atomic mass is 10.1. The molecule has 3 rings (SSSR count). The first-order valence-corrected chi connectivity index (χ1v) is 6.69. The van der Waals surface area contributed by atoms with Crippen LogP contribution in [-0.2, 0) is 6.54 Å². The van der Waals surface area contributed by atoms with Crippen LogP contribution < -0.4 is 5.73 Å². The zero-order valence-electron chi connectivity index (χ0n) is 10.8. The van der Waals surface area contributed by atoms with Crippen molar-refractivity contribution in [1.29, 1.82) is 0 Å². The van der Waals surface area contributed by atoms with Gasteiger partial charge in [0.1, 0.15) is 0 Å². The Labute approximate surface area is 108 Å². The van der Waals surface area contributed by atoms with Crippen LogP contribution in [0.3, 0.4) is 0 Å². The van der Waals surface area contributed by atoms with Gasteiger partial charge in [-0.2, -0.15) is 0 Å². The van der Waals surface area contributed by atoms with Crippen LogP contribution in [0.1, 0.15) is 35.6 Å². The molecule has 1 saturated carbocycles. The van der Waals surface area contributed by atoms with Crippen molar-refractivity contribution in [2.45, 2.75) is 32.4 Å². The Morgan fingerprint density at radius 2 is 2.17 bits per heavy atom. The third kappa shape index (κ3) is 2.49. The molecule has 0 aliphatic heterocycles. The van der Waals surface area contributed by atoms with Crippen molar-refractivity contribution in [2.24, 2.45) is 11.7 Å². The molecule has 2 heteroatoms. The van der Waals surface area contributed by atoms with Gasteiger partial charge in [-0.05, 0) is 42.9 Å². The van der Waals surface area contributed by atoms with Gasteiger partial charge in [-0.15, -0.1) is 0 Å². The van der Waals surface area contributed by atoms with E-state index in [2.05, 4.69) is 54.2 Å². The van der Waals surface area contributed by atoms with Gasteiger partial charge < -0.3 is 10.3 Å². The number of benzene rings is 1. The Morgan fingerprint density at radius 3 is 2.89 bits per heavy atom. The fourth-order valence-corrected chi connectivity index (χ4v) is 2.50. The predicted octanol–water partition coefficient (Wildman–Crippen LogP) is 3.25. The lowest BCUT2D eigenvalue weighted by Crippen LogP contribution is -2.11. The molecule has 1 aromatic carbocycles. The molecule has 1 unspecified atom stereocenters. The van der Waals surface area contributed by atoms with Gasteiger partial charge in [-0.25, -0.2) is 0 Å². The minimum Gasteiger partial charge on any atom is -0.350 e. The summed E-state index contributed by atoms with van der Waals surface area (Å²) >= 11 is 0. The Morgan fingerprint density at radius 1 is 1.33 bits per heavy atom. The van der Waals surface area contributed by atoms with E-state index in [1.807, 2.05) is 0 Å². The normalized spacial score (nSPS) is 16.8. The Hall–Kier alpha value is -1.54. The van der Waals surface area contributed by atoms with Gasteiger partial charge in [-0.3, -0.25) is 0 Å². The van der Waals surface area contributed by atoms with Crippen molar-refractivity contribution in [3.05, 3.63) is 59.4 Å². The first-order chi connectivity index (χ1) is 8.72. The second-order valence-corrected chi connectivity index (χ2v) is 5.47. The first kappa shape index (κ1) is 11.5. The third-order valence-corrected chi connectivity index (χ3v) is 3.74. The molecule has 0 amide bonds. The minimum atomic E-state index is 0.240. The molecule has 2 aromatic rings. The van der Waals surface area contributed by atoms with Gasteiger partial charge in [0.2, 0.25) is 0 Å². The first-order valence-electron chi connectivity index (χ1n) is 6.69. The van der Waals surface area contributed by atoms with E-state index in [9.17, 15) is 0 Å². The van der Waals surface area contributed by atoms with Crippen LogP contribution in [0.2, 0.25) is 0 Å². The fraction of sp³-hybridized carbons (Fsp3) is 0.375. The molecule has 1 heterocycles. The van der Waals surface area contributed by atoms with Crippen molar-refractivity contribution in [2.75, 3.05) is 0 Å². The smallest absolute Gasteiger partial charge is 0.0470 e. The van der Waals surface area contributed by atoms with Crippen LogP contribution in [0.25, 0.3) is 0 Å². The standard InChI is InChI=1S/C16H20N2/c1-12-3-2-4-13(9-12)10-18-8-7-15(11-18)16(17)14-5-6-14/h2-4,7-9,11,14,16H,5-6,10,17H2,1H3. The number of rotatable bonds is 4. The molecule has 1 aromatic heterocycles. The minimum absolute atomic E-state index is 0.240. The summed E-state index contributed by atoms with van der Waals surface area (Å²) in [7, 11) is 0. The van der Waals surface area contributed by atoms with Crippen LogP contribution >= 0.6 is 0 Å². The van der Waals surface area contributed by atoms with Crippen LogP contribution in [-0.4, -0.2) is 4.57 Å². The van der Waals surface area contributed by atoms with Gasteiger partial charge in [0.15, 0.2) is 0 Å². The van der Waals surface area contributed by atoms with Crippen LogP contribution in [0.5, 0.6) is 0 Å². The Bertz CT molecular complexity index is 538. The van der Waals surface area contributed by atoms with Crippen LogP contribution in [0, 0.1) is 12.8 Å². The highest BCUT2D eigenvalue weighted by atomic mass is 14.9. The highest BCUT2D eigenvalue weighted by Crippen LogP contribution is 2.39. The number of nitrogens with zero attached hydrogens (tertiary/aromatic N) is 1. The van der Waals surface area contributed by atoms with Crippen molar-refractivity contribution in [3.8, 4) is 0 Å². The van der Waals surface area contributed by atoms with Crippen molar-refractivity contribution in [3.63, 3.8) is 0 Å². The highest BCUT2D eigenvalue weighted by molar-refractivity contribution is 5.24. The molecule has 18 heavy (non-hydrogen) atoms. The van der Waals surface area contributed by atoms with Gasteiger partial charge in [-0.1, -0.05) is 29.8 Å². The molecular weight excluding hydrogens is 220 g/mol. The summed E-state index contributed by atoms with van der Waals surface area (Å²) in [4.78, 5) is 0. The number of aromatic nitrogens is 1. The SMILES string of the molecule is Cc1cccc(Cn2ccc(C(N)C3CC3)c2)c1. The monoisotopic (exact) mass is 240 g/mol. The van der Waals surface area contributed by atoms with Gasteiger partial charge >= 0.3 is 0 Å². The fourth-order valence-electron chi connectivity index (χ4n) is 2.50. The highest BCUT2D eigenvalue weighted by Gasteiger charge is 2.29. The second kappa shape index (κ2) is 4.62.